The van der Waals surface area contributed by atoms with Gasteiger partial charge < -0.3 is 15.7 Å². The molecular weight excluding hydrogens is 334 g/mol. The number of nitrogens with two attached hydrogens (primary N) is 1. The topological polar surface area (TPSA) is 79.5 Å². The predicted molar refractivity (Wildman–Crippen MR) is 98.3 cm³/mol. The van der Waals surface area contributed by atoms with Crippen LogP contribution in [0.15, 0.2) is 35.7 Å². The Bertz CT molecular complexity index is 762. The Morgan fingerprint density at radius 1 is 1.20 bits per heavy atom. The largest absolute Gasteiger partial charge is 0.395 e. The van der Waals surface area contributed by atoms with Crippen LogP contribution in [-0.2, 0) is 10.2 Å². The summed E-state index contributed by atoms with van der Waals surface area (Å²) in [6.07, 6.45) is 3.28. The minimum absolute atomic E-state index is 0.0330. The van der Waals surface area contributed by atoms with E-state index in [0.29, 0.717) is 18.2 Å². The van der Waals surface area contributed by atoms with Crippen molar-refractivity contribution >= 4 is 22.4 Å². The number of carbonyl (C=O) groups excluding carboxylic acids is 1. The van der Waals surface area contributed by atoms with Crippen molar-refractivity contribution in [1.82, 2.24) is 9.88 Å². The van der Waals surface area contributed by atoms with Gasteiger partial charge in [0.1, 0.15) is 0 Å². The molecule has 1 saturated carbocycles. The molecule has 0 unspecified atom stereocenters. The number of piperidine rings is 1. The molecule has 25 heavy (non-hydrogen) atoms. The number of aliphatic hydroxyl groups is 1. The highest BCUT2D eigenvalue weighted by Crippen LogP contribution is 2.48. The molecule has 2 aromatic rings. The van der Waals surface area contributed by atoms with Gasteiger partial charge in [-0.3, -0.25) is 4.79 Å². The third-order valence-electron chi connectivity index (χ3n) is 5.85. The standard InChI is InChI=1S/C19H23N3O2S/c20-17-21-15(12-25-17)19(14-4-2-1-3-5-14)8-10-22(11-9-19)16(24)18(13-23)6-7-18/h1-5,12,23H,6-11,13H2,(H2,20,21). The quantitative estimate of drug-likeness (QED) is 0.881. The van der Waals surface area contributed by atoms with E-state index in [9.17, 15) is 9.90 Å². The lowest BCUT2D eigenvalue weighted by molar-refractivity contribution is -0.140. The number of nitrogen functional groups attached to an aromatic ring is 1. The Labute approximate surface area is 151 Å². The minimum Gasteiger partial charge on any atom is -0.395 e. The lowest BCUT2D eigenvalue weighted by Crippen LogP contribution is -2.48. The van der Waals surface area contributed by atoms with Crippen molar-refractivity contribution in [1.29, 1.82) is 0 Å². The molecule has 2 fully saturated rings. The Morgan fingerprint density at radius 3 is 2.40 bits per heavy atom. The summed E-state index contributed by atoms with van der Waals surface area (Å²) in [5.41, 5.74) is 7.46. The van der Waals surface area contributed by atoms with Crippen LogP contribution in [0.2, 0.25) is 0 Å². The second-order valence-electron chi connectivity index (χ2n) is 7.25. The van der Waals surface area contributed by atoms with Crippen LogP contribution in [0, 0.1) is 5.41 Å². The number of benzene rings is 1. The number of amides is 1. The van der Waals surface area contributed by atoms with Crippen LogP contribution in [0.3, 0.4) is 0 Å². The first kappa shape index (κ1) is 16.5. The number of likely N-dealkylation sites (tertiary alicyclic amines) is 1. The van der Waals surface area contributed by atoms with Crippen molar-refractivity contribution in [2.24, 2.45) is 5.41 Å². The molecule has 2 heterocycles. The van der Waals surface area contributed by atoms with E-state index in [1.807, 2.05) is 11.0 Å². The Hall–Kier alpha value is -1.92. The van der Waals surface area contributed by atoms with Crippen molar-refractivity contribution in [3.05, 3.63) is 47.0 Å². The van der Waals surface area contributed by atoms with Crippen LogP contribution >= 0.6 is 11.3 Å². The van der Waals surface area contributed by atoms with Gasteiger partial charge in [0.15, 0.2) is 5.13 Å². The fourth-order valence-corrected chi connectivity index (χ4v) is 4.64. The van der Waals surface area contributed by atoms with Crippen LogP contribution in [-0.4, -0.2) is 40.6 Å². The first-order valence-corrected chi connectivity index (χ1v) is 9.65. The van der Waals surface area contributed by atoms with E-state index in [1.165, 1.54) is 16.9 Å². The molecule has 0 bridgehead atoms. The van der Waals surface area contributed by atoms with Crippen molar-refractivity contribution in [3.8, 4) is 0 Å². The van der Waals surface area contributed by atoms with Crippen LogP contribution < -0.4 is 5.73 Å². The molecule has 1 aromatic carbocycles. The molecule has 0 atom stereocenters. The number of carbonyl (C=O) groups is 1. The van der Waals surface area contributed by atoms with Crippen molar-refractivity contribution in [2.45, 2.75) is 31.1 Å². The van der Waals surface area contributed by atoms with Crippen LogP contribution in [0.1, 0.15) is 36.9 Å². The molecule has 2 aliphatic rings. The van der Waals surface area contributed by atoms with Crippen LogP contribution in [0.25, 0.3) is 0 Å². The van der Waals surface area contributed by atoms with E-state index >= 15 is 0 Å². The molecular formula is C19H23N3O2S. The zero-order valence-electron chi connectivity index (χ0n) is 14.1. The highest BCUT2D eigenvalue weighted by molar-refractivity contribution is 7.13. The fraction of sp³-hybridized carbons (Fsp3) is 0.474. The highest BCUT2D eigenvalue weighted by atomic mass is 32.1. The van der Waals surface area contributed by atoms with E-state index in [2.05, 4.69) is 34.6 Å². The fourth-order valence-electron chi connectivity index (χ4n) is 3.97. The first-order valence-electron chi connectivity index (χ1n) is 8.77. The summed E-state index contributed by atoms with van der Waals surface area (Å²) in [5.74, 6) is 0.120. The van der Waals surface area contributed by atoms with Crippen molar-refractivity contribution in [3.63, 3.8) is 0 Å². The third-order valence-corrected chi connectivity index (χ3v) is 6.53. The molecule has 132 valence electrons. The van der Waals surface area contributed by atoms with Crippen LogP contribution in [0.5, 0.6) is 0 Å². The summed E-state index contributed by atoms with van der Waals surface area (Å²) in [4.78, 5) is 19.2. The number of anilines is 1. The van der Waals surface area contributed by atoms with Gasteiger partial charge in [0.05, 0.1) is 17.7 Å². The van der Waals surface area contributed by atoms with Gasteiger partial charge >= 0.3 is 0 Å². The molecule has 4 rings (SSSR count). The number of hydrogen-bond donors (Lipinski definition) is 2. The van der Waals surface area contributed by atoms with E-state index < -0.39 is 5.41 Å². The van der Waals surface area contributed by atoms with Crippen LogP contribution in [0.4, 0.5) is 5.13 Å². The number of rotatable bonds is 4. The number of aromatic nitrogens is 1. The van der Waals surface area contributed by atoms with Crippen molar-refractivity contribution < 1.29 is 9.90 Å². The molecule has 0 spiro atoms. The van der Waals surface area contributed by atoms with E-state index in [1.54, 1.807) is 0 Å². The highest BCUT2D eigenvalue weighted by Gasteiger charge is 2.52. The molecule has 0 radical (unpaired) electrons. The normalized spacial score (nSPS) is 21.1. The molecule has 1 amide bonds. The van der Waals surface area contributed by atoms with E-state index in [4.69, 9.17) is 5.73 Å². The Morgan fingerprint density at radius 2 is 1.88 bits per heavy atom. The average molecular weight is 357 g/mol. The molecule has 5 nitrogen and oxygen atoms in total. The lowest BCUT2D eigenvalue weighted by atomic mass is 9.70. The van der Waals surface area contributed by atoms with Gasteiger partial charge in [-0.05, 0) is 31.2 Å². The van der Waals surface area contributed by atoms with Gasteiger partial charge in [-0.2, -0.15) is 0 Å². The molecule has 1 aliphatic carbocycles. The number of hydrogen-bond acceptors (Lipinski definition) is 5. The number of nitrogens with zero attached hydrogens (tertiary/aromatic N) is 2. The molecule has 1 saturated heterocycles. The number of aliphatic hydroxyl groups excluding tert-OH is 1. The van der Waals surface area contributed by atoms with Crippen molar-refractivity contribution in [2.75, 3.05) is 25.4 Å². The third kappa shape index (κ3) is 2.73. The molecule has 1 aliphatic heterocycles. The van der Waals surface area contributed by atoms with Gasteiger partial charge in [-0.25, -0.2) is 4.98 Å². The predicted octanol–water partition coefficient (Wildman–Crippen LogP) is 2.41. The maximum atomic E-state index is 12.7. The second-order valence-corrected chi connectivity index (χ2v) is 8.14. The van der Waals surface area contributed by atoms with Gasteiger partial charge in [0, 0.05) is 23.9 Å². The van der Waals surface area contributed by atoms with Gasteiger partial charge in [0.25, 0.3) is 0 Å². The smallest absolute Gasteiger partial charge is 0.231 e. The summed E-state index contributed by atoms with van der Waals surface area (Å²) >= 11 is 1.47. The number of thiazole rings is 1. The first-order chi connectivity index (χ1) is 12.1. The molecule has 6 heteroatoms. The summed E-state index contributed by atoms with van der Waals surface area (Å²) in [7, 11) is 0. The zero-order valence-corrected chi connectivity index (χ0v) is 15.0. The summed E-state index contributed by atoms with van der Waals surface area (Å²) in [6, 6.07) is 10.4. The van der Waals surface area contributed by atoms with Gasteiger partial charge in [0.2, 0.25) is 5.91 Å². The van der Waals surface area contributed by atoms with E-state index in [0.717, 1.165) is 31.4 Å². The minimum atomic E-state index is -0.488. The summed E-state index contributed by atoms with van der Waals surface area (Å²) < 4.78 is 0. The van der Waals surface area contributed by atoms with Gasteiger partial charge in [-0.1, -0.05) is 30.3 Å². The maximum Gasteiger partial charge on any atom is 0.231 e. The zero-order chi connectivity index (χ0) is 17.5. The Balaban J connectivity index is 1.61. The average Bonchev–Trinajstić information content (AvgIpc) is 3.35. The summed E-state index contributed by atoms with van der Waals surface area (Å²) in [5, 5.41) is 12.2. The maximum absolute atomic E-state index is 12.7. The molecule has 1 aromatic heterocycles. The monoisotopic (exact) mass is 357 g/mol. The second kappa shape index (κ2) is 6.11. The lowest BCUT2D eigenvalue weighted by Gasteiger charge is -2.42. The Kier molecular flexibility index (Phi) is 4.04. The van der Waals surface area contributed by atoms with E-state index in [-0.39, 0.29) is 17.9 Å². The van der Waals surface area contributed by atoms with Gasteiger partial charge in [-0.15, -0.1) is 11.3 Å². The molecule has 3 N–H and O–H groups in total. The summed E-state index contributed by atoms with van der Waals surface area (Å²) in [6.45, 7) is 1.34. The SMILES string of the molecule is Nc1nc(C2(c3ccccc3)CCN(C(=O)C3(CO)CC3)CC2)cs1.